The molecule has 0 spiro atoms. The van der Waals surface area contributed by atoms with Gasteiger partial charge in [0.15, 0.2) is 11.5 Å². The Morgan fingerprint density at radius 3 is 2.82 bits per heavy atom. The van der Waals surface area contributed by atoms with Crippen molar-refractivity contribution < 1.29 is 18.5 Å². The lowest BCUT2D eigenvalue weighted by molar-refractivity contribution is -0.121. The zero-order chi connectivity index (χ0) is 27.7. The van der Waals surface area contributed by atoms with E-state index < -0.39 is 11.7 Å². The van der Waals surface area contributed by atoms with Crippen molar-refractivity contribution in [3.63, 3.8) is 0 Å². The first-order valence-electron chi connectivity index (χ1n) is 12.9. The van der Waals surface area contributed by atoms with Gasteiger partial charge in [-0.05, 0) is 43.0 Å². The molecule has 1 aliphatic heterocycles. The summed E-state index contributed by atoms with van der Waals surface area (Å²) >= 11 is 0. The van der Waals surface area contributed by atoms with Crippen molar-refractivity contribution in [2.45, 2.75) is 64.6 Å². The third-order valence-corrected chi connectivity index (χ3v) is 6.94. The molecule has 2 atom stereocenters. The first-order valence-corrected chi connectivity index (χ1v) is 12.9. The van der Waals surface area contributed by atoms with Crippen LogP contribution in [0.15, 0.2) is 35.0 Å². The molecule has 1 aliphatic rings. The lowest BCUT2D eigenvalue weighted by atomic mass is 9.97. The summed E-state index contributed by atoms with van der Waals surface area (Å²) in [6.45, 7) is 8.27. The number of carbonyl (C=O) groups excluding carboxylic acids is 2. The minimum Gasteiger partial charge on any atom is -0.364 e. The predicted octanol–water partition coefficient (Wildman–Crippen LogP) is 3.80. The van der Waals surface area contributed by atoms with Gasteiger partial charge in [0.2, 0.25) is 12.3 Å². The zero-order valence-corrected chi connectivity index (χ0v) is 22.3. The maximum absolute atomic E-state index is 15.2. The number of anilines is 1. The van der Waals surface area contributed by atoms with E-state index in [4.69, 9.17) is 4.52 Å². The van der Waals surface area contributed by atoms with E-state index in [0.717, 1.165) is 30.2 Å². The summed E-state index contributed by atoms with van der Waals surface area (Å²) in [6.07, 6.45) is 4.30. The number of likely N-dealkylation sites (tertiary alicyclic amines) is 1. The molecule has 0 unspecified atom stereocenters. The van der Waals surface area contributed by atoms with Gasteiger partial charge in [0.1, 0.15) is 5.82 Å². The Labute approximate surface area is 224 Å². The van der Waals surface area contributed by atoms with Gasteiger partial charge in [-0.1, -0.05) is 38.1 Å². The van der Waals surface area contributed by atoms with Crippen LogP contribution in [0.1, 0.15) is 62.6 Å². The van der Waals surface area contributed by atoms with E-state index >= 15 is 4.39 Å². The molecule has 0 aliphatic carbocycles. The second-order valence-corrected chi connectivity index (χ2v) is 10.9. The topological polar surface area (TPSA) is 142 Å². The molecule has 1 fully saturated rings. The Bertz CT molecular complexity index is 1510. The smallest absolute Gasteiger partial charge is 0.292 e. The molecule has 4 heterocycles. The summed E-state index contributed by atoms with van der Waals surface area (Å²) in [5.41, 5.74) is 1.88. The number of H-pyrrole nitrogens is 1. The van der Waals surface area contributed by atoms with Crippen LogP contribution in [0.4, 0.5) is 10.2 Å². The van der Waals surface area contributed by atoms with Crippen LogP contribution in [0.5, 0.6) is 0 Å². The van der Waals surface area contributed by atoms with E-state index in [1.165, 1.54) is 6.07 Å². The summed E-state index contributed by atoms with van der Waals surface area (Å²) in [5.74, 6) is -0.168. The van der Waals surface area contributed by atoms with Crippen molar-refractivity contribution in [1.82, 2.24) is 35.5 Å². The number of aromatic amines is 1. The molecule has 3 aromatic heterocycles. The fourth-order valence-electron chi connectivity index (χ4n) is 4.62. The Hall–Kier alpha value is -4.35. The molecule has 0 bridgehead atoms. The highest BCUT2D eigenvalue weighted by Crippen LogP contribution is 2.33. The second kappa shape index (κ2) is 10.4. The van der Waals surface area contributed by atoms with Gasteiger partial charge < -0.3 is 20.1 Å². The first kappa shape index (κ1) is 26.3. The van der Waals surface area contributed by atoms with E-state index in [2.05, 4.69) is 36.0 Å². The molecular weight excluding hydrogens is 503 g/mol. The standard InChI is InChI=1S/C27H31FN8O3/c1-15-5-8-18(13-36(15)14-37)31-23-21-19(9-10-29-22(21)33-34-23)16-6-7-17(20(28)11-16)12-30-25(38)24-32-26(39-35-24)27(2,3)4/h6-7,9-11,14-15,18H,5,8,12-13H2,1-4H3,(H,30,38)(H2,29,31,33,34)/t15-,18+/m0/s1. The van der Waals surface area contributed by atoms with Crippen LogP contribution in [0, 0.1) is 5.82 Å². The molecule has 5 rings (SSSR count). The van der Waals surface area contributed by atoms with Crippen molar-refractivity contribution >= 4 is 29.2 Å². The fraction of sp³-hybridized carbons (Fsp3) is 0.407. The second-order valence-electron chi connectivity index (χ2n) is 10.9. The molecule has 2 amide bonds. The SMILES string of the molecule is C[C@H]1CC[C@@H](Nc2n[nH]c3nccc(-c4ccc(CNC(=O)c5noc(C(C)(C)C)n5)c(F)c4)c23)CN1C=O. The minimum absolute atomic E-state index is 0.0346. The summed E-state index contributed by atoms with van der Waals surface area (Å²) in [7, 11) is 0. The number of fused-ring (bicyclic) bond motifs is 1. The van der Waals surface area contributed by atoms with E-state index in [1.807, 2.05) is 33.8 Å². The van der Waals surface area contributed by atoms with Gasteiger partial charge in [-0.15, -0.1) is 0 Å². The van der Waals surface area contributed by atoms with Gasteiger partial charge in [0.25, 0.3) is 11.7 Å². The third-order valence-electron chi connectivity index (χ3n) is 6.94. The molecule has 39 heavy (non-hydrogen) atoms. The third kappa shape index (κ3) is 5.45. The van der Waals surface area contributed by atoms with Crippen molar-refractivity contribution in [3.05, 3.63) is 53.6 Å². The van der Waals surface area contributed by atoms with Crippen molar-refractivity contribution in [1.29, 1.82) is 0 Å². The first-order chi connectivity index (χ1) is 18.6. The van der Waals surface area contributed by atoms with Crippen LogP contribution in [0.25, 0.3) is 22.2 Å². The predicted molar refractivity (Wildman–Crippen MR) is 142 cm³/mol. The van der Waals surface area contributed by atoms with Crippen LogP contribution >= 0.6 is 0 Å². The molecule has 1 saturated heterocycles. The van der Waals surface area contributed by atoms with E-state index in [9.17, 15) is 9.59 Å². The number of halogens is 1. The molecule has 4 aromatic rings. The van der Waals surface area contributed by atoms with Gasteiger partial charge in [-0.2, -0.15) is 10.1 Å². The van der Waals surface area contributed by atoms with Gasteiger partial charge in [-0.3, -0.25) is 14.7 Å². The van der Waals surface area contributed by atoms with Crippen LogP contribution < -0.4 is 10.6 Å². The highest BCUT2D eigenvalue weighted by molar-refractivity contribution is 6.00. The van der Waals surface area contributed by atoms with E-state index in [-0.39, 0.29) is 29.9 Å². The number of hydrogen-bond acceptors (Lipinski definition) is 8. The normalized spacial score (nSPS) is 17.8. The number of nitrogens with zero attached hydrogens (tertiary/aromatic N) is 5. The summed E-state index contributed by atoms with van der Waals surface area (Å²) in [5, 5.41) is 17.9. The molecule has 204 valence electrons. The van der Waals surface area contributed by atoms with Crippen LogP contribution in [-0.2, 0) is 16.8 Å². The van der Waals surface area contributed by atoms with Crippen LogP contribution in [0.3, 0.4) is 0 Å². The summed E-state index contributed by atoms with van der Waals surface area (Å²) in [6, 6.07) is 6.89. The summed E-state index contributed by atoms with van der Waals surface area (Å²) < 4.78 is 20.3. The zero-order valence-electron chi connectivity index (χ0n) is 22.3. The molecule has 11 nitrogen and oxygen atoms in total. The van der Waals surface area contributed by atoms with Gasteiger partial charge in [0, 0.05) is 42.3 Å². The minimum atomic E-state index is -0.548. The fourth-order valence-corrected chi connectivity index (χ4v) is 4.62. The van der Waals surface area contributed by atoms with Gasteiger partial charge in [0.05, 0.1) is 5.39 Å². The number of piperidine rings is 1. The number of rotatable bonds is 7. The summed E-state index contributed by atoms with van der Waals surface area (Å²) in [4.78, 5) is 34.2. The Balaban J connectivity index is 1.33. The Kier molecular flexibility index (Phi) is 7.02. The van der Waals surface area contributed by atoms with E-state index in [1.54, 1.807) is 23.2 Å². The highest BCUT2D eigenvalue weighted by Gasteiger charge is 2.26. The van der Waals surface area contributed by atoms with Gasteiger partial charge in [-0.25, -0.2) is 9.37 Å². The largest absolute Gasteiger partial charge is 0.364 e. The maximum Gasteiger partial charge on any atom is 0.292 e. The van der Waals surface area contributed by atoms with Crippen LogP contribution in [-0.4, -0.2) is 61.2 Å². The Morgan fingerprint density at radius 1 is 1.28 bits per heavy atom. The monoisotopic (exact) mass is 534 g/mol. The maximum atomic E-state index is 15.2. The lowest BCUT2D eigenvalue weighted by Gasteiger charge is -2.35. The number of benzene rings is 1. The van der Waals surface area contributed by atoms with Crippen molar-refractivity contribution in [2.24, 2.45) is 0 Å². The molecule has 0 saturated carbocycles. The van der Waals surface area contributed by atoms with Crippen LogP contribution in [0.2, 0.25) is 0 Å². The number of hydrogen-bond donors (Lipinski definition) is 3. The molecule has 3 N–H and O–H groups in total. The lowest BCUT2D eigenvalue weighted by Crippen LogP contribution is -2.46. The molecular formula is C27H31FN8O3. The molecule has 12 heteroatoms. The number of aromatic nitrogens is 5. The van der Waals surface area contributed by atoms with Gasteiger partial charge >= 0.3 is 0 Å². The molecule has 1 aromatic carbocycles. The number of nitrogens with one attached hydrogen (secondary N) is 3. The average Bonchev–Trinajstić information content (AvgIpc) is 3.57. The Morgan fingerprint density at radius 2 is 2.10 bits per heavy atom. The highest BCUT2D eigenvalue weighted by atomic mass is 19.1. The quantitative estimate of drug-likeness (QED) is 0.304. The van der Waals surface area contributed by atoms with Crippen molar-refractivity contribution in [3.8, 4) is 11.1 Å². The van der Waals surface area contributed by atoms with Crippen molar-refractivity contribution in [2.75, 3.05) is 11.9 Å². The van der Waals surface area contributed by atoms with E-state index in [0.29, 0.717) is 35.0 Å². The number of pyridine rings is 1. The number of amides is 2. The average molecular weight is 535 g/mol. The number of carbonyl (C=O) groups is 2. The molecule has 0 radical (unpaired) electrons.